The second-order valence-corrected chi connectivity index (χ2v) is 5.83. The van der Waals surface area contributed by atoms with Crippen molar-refractivity contribution in [3.8, 4) is 0 Å². The quantitative estimate of drug-likeness (QED) is 0.875. The summed E-state index contributed by atoms with van der Waals surface area (Å²) in [6, 6.07) is 13.2. The number of hydrogen-bond acceptors (Lipinski definition) is 1. The van der Waals surface area contributed by atoms with Crippen LogP contribution >= 0.6 is 0 Å². The molecule has 2 aromatic rings. The highest BCUT2D eigenvalue weighted by Gasteiger charge is 2.19. The van der Waals surface area contributed by atoms with E-state index >= 15 is 0 Å². The molecule has 0 amide bonds. The summed E-state index contributed by atoms with van der Waals surface area (Å²) in [7, 11) is 0. The van der Waals surface area contributed by atoms with Crippen LogP contribution in [0.15, 0.2) is 42.5 Å². The molecule has 1 saturated carbocycles. The lowest BCUT2D eigenvalue weighted by Crippen LogP contribution is -2.13. The van der Waals surface area contributed by atoms with E-state index in [1.54, 1.807) is 0 Å². The van der Waals surface area contributed by atoms with Crippen molar-refractivity contribution in [1.82, 2.24) is 0 Å². The van der Waals surface area contributed by atoms with Crippen LogP contribution in [0.2, 0.25) is 0 Å². The molecule has 1 aliphatic rings. The van der Waals surface area contributed by atoms with E-state index in [1.807, 2.05) is 13.0 Å². The molecule has 3 rings (SSSR count). The van der Waals surface area contributed by atoms with Crippen LogP contribution in [0.25, 0.3) is 0 Å². The van der Waals surface area contributed by atoms with Gasteiger partial charge in [0.2, 0.25) is 0 Å². The van der Waals surface area contributed by atoms with Crippen molar-refractivity contribution in [1.29, 1.82) is 0 Å². The van der Waals surface area contributed by atoms with Crippen LogP contribution in [0.1, 0.15) is 53.5 Å². The van der Waals surface area contributed by atoms with Gasteiger partial charge < -0.3 is 5.73 Å². The molecule has 2 aromatic carbocycles. The summed E-state index contributed by atoms with van der Waals surface area (Å²) in [5, 5.41) is 0. The third kappa shape index (κ3) is 2.61. The molecule has 2 heteroatoms. The van der Waals surface area contributed by atoms with Gasteiger partial charge in [0.15, 0.2) is 0 Å². The average Bonchev–Trinajstić information content (AvgIpc) is 2.35. The standard InChI is InChI=1S/C18H20FN/c1-12-9-16(11-17(19)10-12)18(20)15-7-5-14(6-8-15)13-3-2-4-13/h5-11,13,18H,2-4,20H2,1H3. The van der Waals surface area contributed by atoms with Crippen molar-refractivity contribution < 1.29 is 4.39 Å². The Hall–Kier alpha value is -1.67. The van der Waals surface area contributed by atoms with Crippen molar-refractivity contribution in [2.45, 2.75) is 38.1 Å². The van der Waals surface area contributed by atoms with Crippen molar-refractivity contribution in [2.24, 2.45) is 5.73 Å². The van der Waals surface area contributed by atoms with E-state index in [1.165, 1.54) is 37.0 Å². The summed E-state index contributed by atoms with van der Waals surface area (Å²) in [4.78, 5) is 0. The van der Waals surface area contributed by atoms with Crippen molar-refractivity contribution in [3.63, 3.8) is 0 Å². The third-order valence-corrected chi connectivity index (χ3v) is 4.30. The molecule has 104 valence electrons. The van der Waals surface area contributed by atoms with Gasteiger partial charge >= 0.3 is 0 Å². The van der Waals surface area contributed by atoms with Crippen molar-refractivity contribution in [2.75, 3.05) is 0 Å². The second-order valence-electron chi connectivity index (χ2n) is 5.83. The number of hydrogen-bond donors (Lipinski definition) is 1. The van der Waals surface area contributed by atoms with E-state index in [0.717, 1.165) is 22.6 Å². The Kier molecular flexibility index (Phi) is 3.58. The lowest BCUT2D eigenvalue weighted by atomic mass is 9.79. The fourth-order valence-electron chi connectivity index (χ4n) is 2.85. The molecule has 2 N–H and O–H groups in total. The molecule has 1 fully saturated rings. The van der Waals surface area contributed by atoms with Gasteiger partial charge in [-0.05, 0) is 60.1 Å². The summed E-state index contributed by atoms with van der Waals surface area (Å²) >= 11 is 0. The van der Waals surface area contributed by atoms with Gasteiger partial charge in [0, 0.05) is 0 Å². The zero-order valence-electron chi connectivity index (χ0n) is 11.8. The second kappa shape index (κ2) is 5.37. The lowest BCUT2D eigenvalue weighted by molar-refractivity contribution is 0.419. The molecule has 0 saturated heterocycles. The number of nitrogens with two attached hydrogens (primary N) is 1. The van der Waals surface area contributed by atoms with Gasteiger partial charge in [-0.3, -0.25) is 0 Å². The fourth-order valence-corrected chi connectivity index (χ4v) is 2.85. The summed E-state index contributed by atoms with van der Waals surface area (Å²) < 4.78 is 13.5. The molecule has 1 nitrogen and oxygen atoms in total. The highest BCUT2D eigenvalue weighted by molar-refractivity contribution is 5.36. The number of benzene rings is 2. The Bertz CT molecular complexity index is 579. The molecule has 0 radical (unpaired) electrons. The van der Waals surface area contributed by atoms with Crippen molar-refractivity contribution >= 4 is 0 Å². The Morgan fingerprint density at radius 2 is 1.75 bits per heavy atom. The molecule has 1 aliphatic carbocycles. The molecule has 1 unspecified atom stereocenters. The summed E-state index contributed by atoms with van der Waals surface area (Å²) in [5.74, 6) is 0.512. The molecule has 0 aliphatic heterocycles. The minimum absolute atomic E-state index is 0.221. The number of halogens is 1. The van der Waals surface area contributed by atoms with Crippen LogP contribution in [0.4, 0.5) is 4.39 Å². The maximum absolute atomic E-state index is 13.5. The highest BCUT2D eigenvalue weighted by Crippen LogP contribution is 2.36. The molecule has 1 atom stereocenters. The van der Waals surface area contributed by atoms with E-state index in [2.05, 4.69) is 24.3 Å². The Labute approximate surface area is 119 Å². The number of rotatable bonds is 3. The monoisotopic (exact) mass is 269 g/mol. The van der Waals surface area contributed by atoms with E-state index < -0.39 is 0 Å². The van der Waals surface area contributed by atoms with Crippen LogP contribution in [0.3, 0.4) is 0 Å². The average molecular weight is 269 g/mol. The molecule has 0 spiro atoms. The number of aryl methyl sites for hydroxylation is 1. The predicted molar refractivity (Wildman–Crippen MR) is 80.2 cm³/mol. The van der Waals surface area contributed by atoms with E-state index in [9.17, 15) is 4.39 Å². The summed E-state index contributed by atoms with van der Waals surface area (Å²) in [6.07, 6.45) is 3.94. The SMILES string of the molecule is Cc1cc(F)cc(C(N)c2ccc(C3CCC3)cc2)c1. The molecular formula is C18H20FN. The van der Waals surface area contributed by atoms with E-state index in [0.29, 0.717) is 0 Å². The summed E-state index contributed by atoms with van der Waals surface area (Å²) in [6.45, 7) is 1.89. The maximum atomic E-state index is 13.5. The van der Waals surface area contributed by atoms with E-state index in [-0.39, 0.29) is 11.9 Å². The highest BCUT2D eigenvalue weighted by atomic mass is 19.1. The first-order chi connectivity index (χ1) is 9.63. The van der Waals surface area contributed by atoms with E-state index in [4.69, 9.17) is 5.73 Å². The maximum Gasteiger partial charge on any atom is 0.123 e. The minimum Gasteiger partial charge on any atom is -0.320 e. The van der Waals surface area contributed by atoms with Gasteiger partial charge in [-0.1, -0.05) is 36.8 Å². The van der Waals surface area contributed by atoms with Gasteiger partial charge in [0.25, 0.3) is 0 Å². The van der Waals surface area contributed by atoms with Gasteiger partial charge in [-0.15, -0.1) is 0 Å². The van der Waals surface area contributed by atoms with Gasteiger partial charge in [-0.25, -0.2) is 4.39 Å². The zero-order valence-corrected chi connectivity index (χ0v) is 11.8. The fraction of sp³-hybridized carbons (Fsp3) is 0.333. The van der Waals surface area contributed by atoms with Crippen LogP contribution in [-0.2, 0) is 0 Å². The smallest absolute Gasteiger partial charge is 0.123 e. The molecule has 0 bridgehead atoms. The molecule has 20 heavy (non-hydrogen) atoms. The summed E-state index contributed by atoms with van der Waals surface area (Å²) in [5.41, 5.74) is 10.4. The largest absolute Gasteiger partial charge is 0.320 e. The first-order valence-corrected chi connectivity index (χ1v) is 7.26. The van der Waals surface area contributed by atoms with Gasteiger partial charge in [-0.2, -0.15) is 0 Å². The first kappa shape index (κ1) is 13.3. The van der Waals surface area contributed by atoms with Crippen LogP contribution in [-0.4, -0.2) is 0 Å². The first-order valence-electron chi connectivity index (χ1n) is 7.26. The van der Waals surface area contributed by atoms with Crippen molar-refractivity contribution in [3.05, 3.63) is 70.5 Å². The van der Waals surface area contributed by atoms with Gasteiger partial charge in [0.05, 0.1) is 6.04 Å². The van der Waals surface area contributed by atoms with Crippen LogP contribution in [0.5, 0.6) is 0 Å². The van der Waals surface area contributed by atoms with Crippen LogP contribution in [0, 0.1) is 12.7 Å². The Balaban J connectivity index is 1.83. The molecule has 0 aromatic heterocycles. The Morgan fingerprint density at radius 3 is 2.30 bits per heavy atom. The lowest BCUT2D eigenvalue weighted by Gasteiger charge is -2.26. The predicted octanol–water partition coefficient (Wildman–Crippen LogP) is 4.45. The topological polar surface area (TPSA) is 26.0 Å². The van der Waals surface area contributed by atoms with Gasteiger partial charge in [0.1, 0.15) is 5.82 Å². The van der Waals surface area contributed by atoms with Crippen LogP contribution < -0.4 is 5.73 Å². The Morgan fingerprint density at radius 1 is 1.05 bits per heavy atom. The molecule has 0 heterocycles. The normalized spacial score (nSPS) is 16.8. The molecular weight excluding hydrogens is 249 g/mol. The third-order valence-electron chi connectivity index (χ3n) is 4.30. The zero-order chi connectivity index (χ0) is 14.1. The minimum atomic E-state index is -0.264.